The van der Waals surface area contributed by atoms with Crippen molar-refractivity contribution in [2.75, 3.05) is 32.8 Å². The number of hydrogen-bond acceptors (Lipinski definition) is 5. The molecule has 3 heterocycles. The van der Waals surface area contributed by atoms with Crippen LogP contribution in [0.25, 0.3) is 0 Å². The van der Waals surface area contributed by atoms with E-state index in [4.69, 9.17) is 33.0 Å². The third-order valence-corrected chi connectivity index (χ3v) is 9.47. The van der Waals surface area contributed by atoms with Crippen LogP contribution < -0.4 is 5.32 Å². The monoisotopic (exact) mass is 568 g/mol. The van der Waals surface area contributed by atoms with E-state index in [1.807, 2.05) is 42.5 Å². The molecule has 1 saturated carbocycles. The Balaban J connectivity index is 1.37. The fraction of sp³-hybridized carbons (Fsp3) is 0.500. The number of carbonyl (C=O) groups excluding carboxylic acids is 2. The number of piperidine rings is 1. The van der Waals surface area contributed by atoms with Gasteiger partial charge in [-0.2, -0.15) is 5.10 Å². The van der Waals surface area contributed by atoms with E-state index in [0.717, 1.165) is 36.1 Å². The van der Waals surface area contributed by atoms with Crippen LogP contribution in [-0.4, -0.2) is 71.7 Å². The number of nitrogens with zero attached hydrogens (tertiary/aromatic N) is 3. The molecule has 2 aromatic carbocycles. The van der Waals surface area contributed by atoms with Crippen LogP contribution >= 0.6 is 23.2 Å². The lowest BCUT2D eigenvalue weighted by molar-refractivity contribution is -0.135. The Morgan fingerprint density at radius 3 is 2.56 bits per heavy atom. The molecule has 2 saturated heterocycles. The Morgan fingerprint density at radius 2 is 1.79 bits per heavy atom. The third-order valence-electron chi connectivity index (χ3n) is 8.73. The number of alkyl halides is 1. The van der Waals surface area contributed by atoms with Gasteiger partial charge in [0.1, 0.15) is 0 Å². The van der Waals surface area contributed by atoms with Crippen molar-refractivity contribution in [1.29, 1.82) is 0 Å². The summed E-state index contributed by atoms with van der Waals surface area (Å²) in [5.74, 6) is -0.461. The van der Waals surface area contributed by atoms with Gasteiger partial charge in [-0.15, -0.1) is 11.6 Å². The Kier molecular flexibility index (Phi) is 7.94. The van der Waals surface area contributed by atoms with Crippen molar-refractivity contribution >= 4 is 40.7 Å². The summed E-state index contributed by atoms with van der Waals surface area (Å²) in [4.78, 5) is 29.6. The molecule has 1 aliphatic carbocycles. The quantitative estimate of drug-likeness (QED) is 0.534. The van der Waals surface area contributed by atoms with Crippen molar-refractivity contribution in [3.63, 3.8) is 0 Å². The standard InChI is InChI=1S/C30H34Cl2N4O3/c31-20-10-11-24-22(16-20)28(19-6-2-1-3-7-19)29(30(38)33-24)25-17-26(21-8-4-5-9-23(21)32)36(34-25)27(37)18-35-12-14-39-15-13-35/h1-9,20,22,24,26,28-29H,10-18H2,(H,33,38). The molecule has 1 N–H and O–H groups in total. The first kappa shape index (κ1) is 26.8. The summed E-state index contributed by atoms with van der Waals surface area (Å²) in [5, 5.41) is 10.5. The topological polar surface area (TPSA) is 74.2 Å². The van der Waals surface area contributed by atoms with Crippen molar-refractivity contribution in [3.8, 4) is 0 Å². The van der Waals surface area contributed by atoms with Gasteiger partial charge in [0.2, 0.25) is 5.91 Å². The summed E-state index contributed by atoms with van der Waals surface area (Å²) in [7, 11) is 0. The van der Waals surface area contributed by atoms with Crippen LogP contribution in [0.5, 0.6) is 0 Å². The smallest absolute Gasteiger partial charge is 0.257 e. The molecule has 2 amide bonds. The molecular formula is C30H34Cl2N4O3. The highest BCUT2D eigenvalue weighted by molar-refractivity contribution is 6.31. The van der Waals surface area contributed by atoms with Crippen molar-refractivity contribution in [3.05, 3.63) is 70.7 Å². The van der Waals surface area contributed by atoms with Crippen molar-refractivity contribution in [1.82, 2.24) is 15.2 Å². The molecular weight excluding hydrogens is 535 g/mol. The first-order valence-electron chi connectivity index (χ1n) is 13.9. The van der Waals surface area contributed by atoms with E-state index >= 15 is 0 Å². The van der Waals surface area contributed by atoms with Gasteiger partial charge in [-0.05, 0) is 42.4 Å². The van der Waals surface area contributed by atoms with Crippen LogP contribution in [0.4, 0.5) is 0 Å². The van der Waals surface area contributed by atoms with Crippen LogP contribution in [-0.2, 0) is 14.3 Å². The number of benzene rings is 2. The minimum atomic E-state index is -0.484. The molecule has 3 fully saturated rings. The highest BCUT2D eigenvalue weighted by atomic mass is 35.5. The fourth-order valence-corrected chi connectivity index (χ4v) is 7.44. The zero-order valence-electron chi connectivity index (χ0n) is 21.8. The molecule has 7 nitrogen and oxygen atoms in total. The Hall–Kier alpha value is -2.45. The Morgan fingerprint density at radius 1 is 1.05 bits per heavy atom. The molecule has 0 bridgehead atoms. The zero-order valence-corrected chi connectivity index (χ0v) is 23.4. The largest absolute Gasteiger partial charge is 0.379 e. The van der Waals surface area contributed by atoms with Gasteiger partial charge in [-0.1, -0.05) is 60.1 Å². The minimum absolute atomic E-state index is 0.0164. The average Bonchev–Trinajstić information content (AvgIpc) is 3.39. The van der Waals surface area contributed by atoms with Gasteiger partial charge in [0, 0.05) is 41.9 Å². The van der Waals surface area contributed by atoms with E-state index in [9.17, 15) is 9.59 Å². The number of amides is 2. The molecule has 39 heavy (non-hydrogen) atoms. The average molecular weight is 570 g/mol. The molecule has 6 unspecified atom stereocenters. The number of morpholine rings is 1. The zero-order chi connectivity index (χ0) is 26.9. The molecule has 3 aliphatic heterocycles. The summed E-state index contributed by atoms with van der Waals surface area (Å²) in [6, 6.07) is 17.6. The number of carbonyl (C=O) groups is 2. The Bertz CT molecular complexity index is 1240. The Labute approximate surface area is 239 Å². The number of hydrogen-bond donors (Lipinski definition) is 1. The molecule has 0 radical (unpaired) electrons. The lowest BCUT2D eigenvalue weighted by Crippen LogP contribution is -2.57. The van der Waals surface area contributed by atoms with Crippen molar-refractivity contribution in [2.24, 2.45) is 16.9 Å². The molecule has 4 aliphatic rings. The fourth-order valence-electron chi connectivity index (χ4n) is 6.85. The molecule has 206 valence electrons. The van der Waals surface area contributed by atoms with E-state index in [0.29, 0.717) is 37.7 Å². The lowest BCUT2D eigenvalue weighted by Gasteiger charge is -2.46. The predicted molar refractivity (Wildman–Crippen MR) is 152 cm³/mol. The molecule has 2 aromatic rings. The second-order valence-corrected chi connectivity index (χ2v) is 12.1. The van der Waals surface area contributed by atoms with Crippen molar-refractivity contribution < 1.29 is 14.3 Å². The number of rotatable bonds is 5. The van der Waals surface area contributed by atoms with Crippen LogP contribution in [0, 0.1) is 11.8 Å². The van der Waals surface area contributed by atoms with Crippen molar-refractivity contribution in [2.45, 2.75) is 49.1 Å². The number of halogens is 2. The number of hydrazone groups is 1. The van der Waals surface area contributed by atoms with E-state index in [-0.39, 0.29) is 47.7 Å². The van der Waals surface area contributed by atoms with Crippen LogP contribution in [0.3, 0.4) is 0 Å². The van der Waals surface area contributed by atoms with Gasteiger partial charge >= 0.3 is 0 Å². The molecule has 9 heteroatoms. The molecule has 6 rings (SSSR count). The molecule has 6 atom stereocenters. The maximum atomic E-state index is 13.8. The molecule has 0 spiro atoms. The summed E-state index contributed by atoms with van der Waals surface area (Å²) >= 11 is 13.3. The van der Waals surface area contributed by atoms with E-state index in [2.05, 4.69) is 22.3 Å². The van der Waals surface area contributed by atoms with Gasteiger partial charge in [0.05, 0.1) is 37.4 Å². The minimum Gasteiger partial charge on any atom is -0.379 e. The summed E-state index contributed by atoms with van der Waals surface area (Å²) in [6.45, 7) is 2.88. The van der Waals surface area contributed by atoms with E-state index in [1.165, 1.54) is 0 Å². The number of ether oxygens (including phenoxy) is 1. The highest BCUT2D eigenvalue weighted by Gasteiger charge is 2.51. The number of nitrogens with one attached hydrogen (secondary N) is 1. The van der Waals surface area contributed by atoms with Crippen LogP contribution in [0.1, 0.15) is 48.8 Å². The van der Waals surface area contributed by atoms with Gasteiger partial charge in [-0.3, -0.25) is 14.5 Å². The van der Waals surface area contributed by atoms with E-state index < -0.39 is 5.92 Å². The number of fused-ring (bicyclic) bond motifs is 1. The first-order chi connectivity index (χ1) is 19.0. The summed E-state index contributed by atoms with van der Waals surface area (Å²) in [6.07, 6.45) is 3.07. The van der Waals surface area contributed by atoms with Gasteiger partial charge in [0.25, 0.3) is 5.91 Å². The maximum Gasteiger partial charge on any atom is 0.257 e. The second-order valence-electron chi connectivity index (χ2n) is 11.1. The maximum absolute atomic E-state index is 13.8. The second kappa shape index (κ2) is 11.6. The lowest BCUT2D eigenvalue weighted by atomic mass is 9.64. The molecule has 0 aromatic heterocycles. The van der Waals surface area contributed by atoms with Gasteiger partial charge < -0.3 is 10.1 Å². The SMILES string of the molecule is O=C1NC2CCC(Cl)CC2C(c2ccccc2)C1C1=NN(C(=O)CN2CCOCC2)C(c2ccccc2Cl)C1. The summed E-state index contributed by atoms with van der Waals surface area (Å²) < 4.78 is 5.46. The van der Waals surface area contributed by atoms with E-state index in [1.54, 1.807) is 5.01 Å². The van der Waals surface area contributed by atoms with Gasteiger partial charge in [0.15, 0.2) is 0 Å². The summed E-state index contributed by atoms with van der Waals surface area (Å²) in [5.41, 5.74) is 2.70. The normalized spacial score (nSPS) is 31.4. The highest BCUT2D eigenvalue weighted by Crippen LogP contribution is 2.48. The predicted octanol–water partition coefficient (Wildman–Crippen LogP) is 4.61. The van der Waals surface area contributed by atoms with Crippen LogP contribution in [0.2, 0.25) is 5.02 Å². The van der Waals surface area contributed by atoms with Gasteiger partial charge in [-0.25, -0.2) is 5.01 Å². The first-order valence-corrected chi connectivity index (χ1v) is 14.7. The third kappa shape index (κ3) is 5.47. The van der Waals surface area contributed by atoms with Crippen LogP contribution in [0.15, 0.2) is 59.7 Å².